The minimum absolute atomic E-state index is 0.244. The van der Waals surface area contributed by atoms with Crippen LogP contribution in [0.25, 0.3) is 0 Å². The van der Waals surface area contributed by atoms with Crippen LogP contribution in [0.4, 0.5) is 4.39 Å². The molecule has 0 amide bonds. The number of rotatable bonds is 3. The zero-order chi connectivity index (χ0) is 14.7. The average Bonchev–Trinajstić information content (AvgIpc) is 2.52. The first-order chi connectivity index (χ1) is 10.3. The summed E-state index contributed by atoms with van der Waals surface area (Å²) in [7, 11) is 0. The molecule has 1 N–H and O–H groups in total. The molecule has 1 aliphatic carbocycles. The van der Waals surface area contributed by atoms with E-state index in [4.69, 9.17) is 11.6 Å². The highest BCUT2D eigenvalue weighted by Gasteiger charge is 2.32. The van der Waals surface area contributed by atoms with E-state index in [-0.39, 0.29) is 5.82 Å². The second-order valence-corrected chi connectivity index (χ2v) is 6.70. The standard InChI is InChI=1S/C17H24ClFN2/c18-16-12-14(19)6-7-15(16)17(13-4-2-1-3-5-13)21-10-8-20-9-11-21/h6-7,12-13,17,20H,1-5,8-11H2/t17-/m0/s1. The van der Waals surface area contributed by atoms with Crippen molar-refractivity contribution in [1.82, 2.24) is 10.2 Å². The van der Waals surface area contributed by atoms with Gasteiger partial charge < -0.3 is 5.32 Å². The molecule has 1 aromatic carbocycles. The smallest absolute Gasteiger partial charge is 0.124 e. The predicted molar refractivity (Wildman–Crippen MR) is 85.2 cm³/mol. The molecule has 1 aliphatic heterocycles. The molecule has 0 spiro atoms. The Morgan fingerprint density at radius 1 is 1.14 bits per heavy atom. The fourth-order valence-corrected chi connectivity index (χ4v) is 4.18. The van der Waals surface area contributed by atoms with E-state index in [2.05, 4.69) is 10.2 Å². The molecule has 4 heteroatoms. The summed E-state index contributed by atoms with van der Waals surface area (Å²) in [6.45, 7) is 4.16. The lowest BCUT2D eigenvalue weighted by Gasteiger charge is -2.41. The Labute approximate surface area is 131 Å². The van der Waals surface area contributed by atoms with Crippen LogP contribution in [0.3, 0.4) is 0 Å². The molecule has 3 rings (SSSR count). The van der Waals surface area contributed by atoms with Gasteiger partial charge in [-0.25, -0.2) is 4.39 Å². The molecular weight excluding hydrogens is 287 g/mol. The van der Waals surface area contributed by atoms with E-state index >= 15 is 0 Å². The average molecular weight is 311 g/mol. The van der Waals surface area contributed by atoms with Crippen LogP contribution in [0.1, 0.15) is 43.7 Å². The van der Waals surface area contributed by atoms with Crippen molar-refractivity contribution < 1.29 is 4.39 Å². The molecule has 0 aromatic heterocycles. The normalized spacial score (nSPS) is 23.1. The molecule has 2 fully saturated rings. The van der Waals surface area contributed by atoms with Gasteiger partial charge in [0.05, 0.1) is 0 Å². The van der Waals surface area contributed by atoms with Crippen molar-refractivity contribution in [1.29, 1.82) is 0 Å². The maximum absolute atomic E-state index is 13.4. The number of halogens is 2. The molecule has 1 saturated heterocycles. The topological polar surface area (TPSA) is 15.3 Å². The Morgan fingerprint density at radius 2 is 1.86 bits per heavy atom. The Balaban J connectivity index is 1.89. The van der Waals surface area contributed by atoms with E-state index in [1.54, 1.807) is 6.07 Å². The quantitative estimate of drug-likeness (QED) is 0.907. The van der Waals surface area contributed by atoms with Gasteiger partial charge in [0.1, 0.15) is 5.82 Å². The Hall–Kier alpha value is -0.640. The van der Waals surface area contributed by atoms with Crippen molar-refractivity contribution >= 4 is 11.6 Å². The number of hydrogen-bond donors (Lipinski definition) is 1. The van der Waals surface area contributed by atoms with Crippen LogP contribution in [-0.2, 0) is 0 Å². The van der Waals surface area contributed by atoms with E-state index in [9.17, 15) is 4.39 Å². The number of hydrogen-bond acceptors (Lipinski definition) is 2. The van der Waals surface area contributed by atoms with E-state index in [1.165, 1.54) is 38.2 Å². The third-order valence-corrected chi connectivity index (χ3v) is 5.25. The molecule has 2 nitrogen and oxygen atoms in total. The van der Waals surface area contributed by atoms with E-state index < -0.39 is 0 Å². The minimum atomic E-state index is -0.244. The second-order valence-electron chi connectivity index (χ2n) is 6.29. The third-order valence-electron chi connectivity index (χ3n) is 4.92. The predicted octanol–water partition coefficient (Wildman–Crippen LogP) is 4.01. The summed E-state index contributed by atoms with van der Waals surface area (Å²) in [5, 5.41) is 4.00. The summed E-state index contributed by atoms with van der Waals surface area (Å²) in [5.74, 6) is 0.409. The third kappa shape index (κ3) is 3.58. The zero-order valence-electron chi connectivity index (χ0n) is 12.5. The van der Waals surface area contributed by atoms with Crippen LogP contribution in [0.15, 0.2) is 18.2 Å². The SMILES string of the molecule is Fc1ccc([C@H](C2CCCCC2)N2CCNCC2)c(Cl)c1. The lowest BCUT2D eigenvalue weighted by molar-refractivity contribution is 0.103. The summed E-state index contributed by atoms with van der Waals surface area (Å²) >= 11 is 6.38. The summed E-state index contributed by atoms with van der Waals surface area (Å²) in [6, 6.07) is 5.27. The number of nitrogens with one attached hydrogen (secondary N) is 1. The van der Waals surface area contributed by atoms with Crippen LogP contribution in [0, 0.1) is 11.7 Å². The van der Waals surface area contributed by atoms with Crippen molar-refractivity contribution in [3.63, 3.8) is 0 Å². The van der Waals surface area contributed by atoms with E-state index in [0.29, 0.717) is 17.0 Å². The van der Waals surface area contributed by atoms with Gasteiger partial charge in [0.2, 0.25) is 0 Å². The maximum atomic E-state index is 13.4. The Bertz CT molecular complexity index is 450. The molecule has 0 unspecified atom stereocenters. The van der Waals surface area contributed by atoms with Crippen LogP contribution in [0.2, 0.25) is 5.02 Å². The second kappa shape index (κ2) is 7.08. The maximum Gasteiger partial charge on any atom is 0.124 e. The van der Waals surface area contributed by atoms with Crippen LogP contribution >= 0.6 is 11.6 Å². The summed E-state index contributed by atoms with van der Waals surface area (Å²) < 4.78 is 13.4. The van der Waals surface area contributed by atoms with E-state index in [0.717, 1.165) is 31.7 Å². The van der Waals surface area contributed by atoms with Crippen molar-refractivity contribution in [3.05, 3.63) is 34.6 Å². The molecule has 0 bridgehead atoms. The minimum Gasteiger partial charge on any atom is -0.314 e. The summed E-state index contributed by atoms with van der Waals surface area (Å²) in [6.07, 6.45) is 6.50. The first kappa shape index (κ1) is 15.3. The number of piperazine rings is 1. The molecule has 1 aromatic rings. The van der Waals surface area contributed by atoms with Gasteiger partial charge in [-0.15, -0.1) is 0 Å². The monoisotopic (exact) mass is 310 g/mol. The van der Waals surface area contributed by atoms with Gasteiger partial charge in [-0.3, -0.25) is 4.90 Å². The van der Waals surface area contributed by atoms with Gasteiger partial charge in [0.15, 0.2) is 0 Å². The van der Waals surface area contributed by atoms with Gasteiger partial charge in [0.25, 0.3) is 0 Å². The van der Waals surface area contributed by atoms with Gasteiger partial charge in [-0.05, 0) is 36.5 Å². The number of nitrogens with zero attached hydrogens (tertiary/aromatic N) is 1. The molecule has 21 heavy (non-hydrogen) atoms. The highest BCUT2D eigenvalue weighted by atomic mass is 35.5. The fraction of sp³-hybridized carbons (Fsp3) is 0.647. The van der Waals surface area contributed by atoms with Gasteiger partial charge >= 0.3 is 0 Å². The Kier molecular flexibility index (Phi) is 5.15. The largest absolute Gasteiger partial charge is 0.314 e. The van der Waals surface area contributed by atoms with Gasteiger partial charge in [0, 0.05) is 37.2 Å². The Morgan fingerprint density at radius 3 is 2.52 bits per heavy atom. The van der Waals surface area contributed by atoms with E-state index in [1.807, 2.05) is 6.07 Å². The van der Waals surface area contributed by atoms with Crippen LogP contribution < -0.4 is 5.32 Å². The molecule has 0 radical (unpaired) electrons. The number of benzene rings is 1. The van der Waals surface area contributed by atoms with Gasteiger partial charge in [-0.2, -0.15) is 0 Å². The van der Waals surface area contributed by atoms with Crippen molar-refractivity contribution in [3.8, 4) is 0 Å². The highest BCUT2D eigenvalue weighted by Crippen LogP contribution is 2.41. The zero-order valence-corrected chi connectivity index (χ0v) is 13.2. The lowest BCUT2D eigenvalue weighted by Crippen LogP contribution is -2.47. The van der Waals surface area contributed by atoms with Crippen molar-refractivity contribution in [2.45, 2.75) is 38.1 Å². The molecule has 2 aliphatic rings. The first-order valence-corrected chi connectivity index (χ1v) is 8.53. The fourth-order valence-electron chi connectivity index (χ4n) is 3.90. The van der Waals surface area contributed by atoms with Crippen molar-refractivity contribution in [2.24, 2.45) is 5.92 Å². The summed E-state index contributed by atoms with van der Waals surface area (Å²) in [5.41, 5.74) is 1.12. The summed E-state index contributed by atoms with van der Waals surface area (Å²) in [4.78, 5) is 2.55. The van der Waals surface area contributed by atoms with Crippen LogP contribution in [-0.4, -0.2) is 31.1 Å². The first-order valence-electron chi connectivity index (χ1n) is 8.15. The molecular formula is C17H24ClFN2. The van der Waals surface area contributed by atoms with Gasteiger partial charge in [-0.1, -0.05) is 36.9 Å². The molecule has 1 saturated carbocycles. The molecule has 1 heterocycles. The van der Waals surface area contributed by atoms with Crippen LogP contribution in [0.5, 0.6) is 0 Å². The lowest BCUT2D eigenvalue weighted by atomic mass is 9.80. The van der Waals surface area contributed by atoms with Crippen molar-refractivity contribution in [2.75, 3.05) is 26.2 Å². The highest BCUT2D eigenvalue weighted by molar-refractivity contribution is 6.31. The molecule has 116 valence electrons. The molecule has 1 atom stereocenters.